The number of rotatable bonds is 15. The Morgan fingerprint density at radius 2 is 1.65 bits per heavy atom. The van der Waals surface area contributed by atoms with E-state index >= 15 is 0 Å². The molecule has 136 valence electrons. The smallest absolute Gasteiger partial charge is 0.307 e. The molecule has 0 aliphatic rings. The minimum atomic E-state index is -0.233. The van der Waals surface area contributed by atoms with E-state index in [0.29, 0.717) is 32.5 Å². The lowest BCUT2D eigenvalue weighted by molar-refractivity contribution is -0.145. The normalized spacial score (nSPS) is 10.8. The Balaban J connectivity index is 4.04. The molecule has 0 aromatic heterocycles. The molecule has 0 aliphatic carbocycles. The highest BCUT2D eigenvalue weighted by atomic mass is 32.2. The summed E-state index contributed by atoms with van der Waals surface area (Å²) >= 11 is 1.91. The van der Waals surface area contributed by atoms with Crippen LogP contribution in [0.5, 0.6) is 0 Å². The molecular formula is C16H31NO5S. The van der Waals surface area contributed by atoms with Gasteiger partial charge >= 0.3 is 11.9 Å². The number of thioether (sulfide) groups is 1. The van der Waals surface area contributed by atoms with Gasteiger partial charge < -0.3 is 19.1 Å². The van der Waals surface area contributed by atoms with Gasteiger partial charge in [0.25, 0.3) is 0 Å². The molecule has 0 fully saturated rings. The van der Waals surface area contributed by atoms with Gasteiger partial charge in [0.15, 0.2) is 0 Å². The molecular weight excluding hydrogens is 318 g/mol. The first-order valence-electron chi connectivity index (χ1n) is 8.15. The first-order valence-corrected chi connectivity index (χ1v) is 9.31. The van der Waals surface area contributed by atoms with Crippen LogP contribution in [0.4, 0.5) is 0 Å². The van der Waals surface area contributed by atoms with Gasteiger partial charge in [0.1, 0.15) is 6.61 Å². The van der Waals surface area contributed by atoms with Crippen molar-refractivity contribution in [1.29, 1.82) is 0 Å². The molecule has 0 amide bonds. The molecule has 0 rings (SSSR count). The van der Waals surface area contributed by atoms with Gasteiger partial charge in [-0.2, -0.15) is 11.8 Å². The molecule has 0 bridgehead atoms. The van der Waals surface area contributed by atoms with Crippen molar-refractivity contribution in [2.45, 2.75) is 32.6 Å². The fourth-order valence-electron chi connectivity index (χ4n) is 1.79. The van der Waals surface area contributed by atoms with E-state index in [0.717, 1.165) is 18.1 Å². The monoisotopic (exact) mass is 349 g/mol. The zero-order valence-electron chi connectivity index (χ0n) is 14.7. The van der Waals surface area contributed by atoms with Crippen LogP contribution < -0.4 is 0 Å². The number of hydrogen-bond acceptors (Lipinski definition) is 7. The maximum Gasteiger partial charge on any atom is 0.307 e. The van der Waals surface area contributed by atoms with Crippen LogP contribution in [0.2, 0.25) is 0 Å². The Bertz CT molecular complexity index is 315. The van der Waals surface area contributed by atoms with Crippen LogP contribution >= 0.6 is 11.8 Å². The van der Waals surface area contributed by atoms with Gasteiger partial charge in [0.2, 0.25) is 0 Å². The van der Waals surface area contributed by atoms with Crippen molar-refractivity contribution in [3.05, 3.63) is 0 Å². The highest BCUT2D eigenvalue weighted by molar-refractivity contribution is 7.99. The summed E-state index contributed by atoms with van der Waals surface area (Å²) in [7, 11) is 2.96. The molecule has 0 aromatic carbocycles. The van der Waals surface area contributed by atoms with Gasteiger partial charge in [-0.15, -0.1) is 0 Å². The van der Waals surface area contributed by atoms with E-state index in [1.165, 1.54) is 20.0 Å². The Morgan fingerprint density at radius 1 is 0.957 bits per heavy atom. The third-order valence-electron chi connectivity index (χ3n) is 3.24. The van der Waals surface area contributed by atoms with Crippen LogP contribution in [0.1, 0.15) is 32.6 Å². The first-order chi connectivity index (χ1) is 11.1. The van der Waals surface area contributed by atoms with Crippen LogP contribution in [0, 0.1) is 0 Å². The fourth-order valence-corrected chi connectivity index (χ4v) is 2.87. The molecule has 0 radical (unpaired) electrons. The minimum Gasteiger partial charge on any atom is -0.469 e. The van der Waals surface area contributed by atoms with Crippen molar-refractivity contribution in [1.82, 2.24) is 4.90 Å². The van der Waals surface area contributed by atoms with E-state index in [-0.39, 0.29) is 18.5 Å². The predicted octanol–water partition coefficient (Wildman–Crippen LogP) is 1.96. The second kappa shape index (κ2) is 16.1. The van der Waals surface area contributed by atoms with E-state index in [9.17, 15) is 9.59 Å². The number of unbranched alkanes of at least 4 members (excludes halogenated alkanes) is 1. The first kappa shape index (κ1) is 22.2. The summed E-state index contributed by atoms with van der Waals surface area (Å²) in [6.07, 6.45) is 3.09. The second-order valence-electron chi connectivity index (χ2n) is 5.10. The van der Waals surface area contributed by atoms with E-state index in [1.807, 2.05) is 11.8 Å². The third-order valence-corrected chi connectivity index (χ3v) is 4.29. The number of carbonyl (C=O) groups excluding carboxylic acids is 2. The molecule has 6 nitrogen and oxygen atoms in total. The number of nitrogens with zero attached hydrogens (tertiary/aromatic N) is 1. The zero-order valence-corrected chi connectivity index (χ0v) is 15.5. The average molecular weight is 349 g/mol. The van der Waals surface area contributed by atoms with Crippen molar-refractivity contribution < 1.29 is 23.8 Å². The Morgan fingerprint density at radius 3 is 2.26 bits per heavy atom. The van der Waals surface area contributed by atoms with Crippen molar-refractivity contribution in [3.8, 4) is 0 Å². The average Bonchev–Trinajstić information content (AvgIpc) is 2.56. The van der Waals surface area contributed by atoms with Crippen molar-refractivity contribution >= 4 is 23.7 Å². The number of methoxy groups -OCH3 is 2. The minimum absolute atomic E-state index is 0.226. The topological polar surface area (TPSA) is 65.1 Å². The summed E-state index contributed by atoms with van der Waals surface area (Å²) in [5.41, 5.74) is 0. The fraction of sp³-hybridized carbons (Fsp3) is 0.875. The van der Waals surface area contributed by atoms with Gasteiger partial charge in [-0.25, -0.2) is 0 Å². The molecule has 0 saturated heterocycles. The number of esters is 2. The lowest BCUT2D eigenvalue weighted by atomic mass is 10.3. The van der Waals surface area contributed by atoms with Crippen LogP contribution in [0.25, 0.3) is 0 Å². The summed E-state index contributed by atoms with van der Waals surface area (Å²) in [4.78, 5) is 25.0. The van der Waals surface area contributed by atoms with Gasteiger partial charge in [0.05, 0.1) is 26.6 Å². The number of carbonyl (C=O) groups is 2. The van der Waals surface area contributed by atoms with Crippen molar-refractivity contribution in [3.63, 3.8) is 0 Å². The SMILES string of the molecule is CCCCSCCN(CCC(=O)OC)CCC(=O)OCCOC. The summed E-state index contributed by atoms with van der Waals surface area (Å²) in [5, 5.41) is 0. The molecule has 0 aliphatic heterocycles. The maximum atomic E-state index is 11.6. The second-order valence-corrected chi connectivity index (χ2v) is 6.32. The Hall–Kier alpha value is -0.790. The lowest BCUT2D eigenvalue weighted by Crippen LogP contribution is -2.31. The Kier molecular flexibility index (Phi) is 15.5. The van der Waals surface area contributed by atoms with Gasteiger partial charge in [-0.1, -0.05) is 13.3 Å². The highest BCUT2D eigenvalue weighted by Gasteiger charge is 2.11. The summed E-state index contributed by atoms with van der Waals surface area (Å²) in [6.45, 7) is 4.93. The molecule has 0 N–H and O–H groups in total. The van der Waals surface area contributed by atoms with E-state index in [4.69, 9.17) is 9.47 Å². The quantitative estimate of drug-likeness (QED) is 0.331. The molecule has 0 atom stereocenters. The Labute approximate surface area is 144 Å². The van der Waals surface area contributed by atoms with Crippen LogP contribution in [0.15, 0.2) is 0 Å². The molecule has 0 spiro atoms. The van der Waals surface area contributed by atoms with Gasteiger partial charge in [-0.3, -0.25) is 9.59 Å². The number of hydrogen-bond donors (Lipinski definition) is 0. The molecule has 0 unspecified atom stereocenters. The van der Waals surface area contributed by atoms with Gasteiger partial charge in [0, 0.05) is 32.5 Å². The zero-order chi connectivity index (χ0) is 17.3. The van der Waals surface area contributed by atoms with E-state index in [2.05, 4.69) is 16.6 Å². The van der Waals surface area contributed by atoms with E-state index < -0.39 is 0 Å². The van der Waals surface area contributed by atoms with Crippen LogP contribution in [-0.4, -0.2) is 75.4 Å². The van der Waals surface area contributed by atoms with Gasteiger partial charge in [-0.05, 0) is 12.2 Å². The van der Waals surface area contributed by atoms with E-state index in [1.54, 1.807) is 7.11 Å². The summed E-state index contributed by atoms with van der Waals surface area (Å²) in [5.74, 6) is 1.69. The standard InChI is InChI=1S/C16H31NO5S/c1-4-5-13-23-14-10-17(8-6-15(18)21-3)9-7-16(19)22-12-11-20-2/h4-14H2,1-3H3. The summed E-state index contributed by atoms with van der Waals surface area (Å²) < 4.78 is 14.6. The van der Waals surface area contributed by atoms with Crippen molar-refractivity contribution in [2.24, 2.45) is 0 Å². The van der Waals surface area contributed by atoms with Crippen molar-refractivity contribution in [2.75, 3.05) is 58.6 Å². The van der Waals surface area contributed by atoms with Crippen LogP contribution in [0.3, 0.4) is 0 Å². The molecule has 0 heterocycles. The third kappa shape index (κ3) is 14.5. The molecule has 0 aromatic rings. The largest absolute Gasteiger partial charge is 0.469 e. The molecule has 23 heavy (non-hydrogen) atoms. The highest BCUT2D eigenvalue weighted by Crippen LogP contribution is 2.06. The van der Waals surface area contributed by atoms with Crippen LogP contribution in [-0.2, 0) is 23.8 Å². The molecule has 0 saturated carbocycles. The molecule has 7 heteroatoms. The number of ether oxygens (including phenoxy) is 3. The maximum absolute atomic E-state index is 11.6. The predicted molar refractivity (Wildman–Crippen MR) is 92.8 cm³/mol. The summed E-state index contributed by atoms with van der Waals surface area (Å²) in [6, 6.07) is 0. The lowest BCUT2D eigenvalue weighted by Gasteiger charge is -2.21.